The van der Waals surface area contributed by atoms with Gasteiger partial charge < -0.3 is 5.32 Å². The van der Waals surface area contributed by atoms with Gasteiger partial charge in [0.25, 0.3) is 0 Å². The molecule has 0 atom stereocenters. The molecule has 1 aromatic carbocycles. The molecule has 19 heavy (non-hydrogen) atoms. The molecule has 98 valence electrons. The third kappa shape index (κ3) is 4.52. The summed E-state index contributed by atoms with van der Waals surface area (Å²) >= 11 is 13.8. The fourth-order valence-corrected chi connectivity index (χ4v) is 2.20. The van der Waals surface area contributed by atoms with Gasteiger partial charge in [-0.05, 0) is 52.9 Å². The zero-order chi connectivity index (χ0) is 13.8. The predicted molar refractivity (Wildman–Crippen MR) is 86.1 cm³/mol. The SMILES string of the molecule is O=C(Nc1cc(Cl)cc(Cl)c1)Nc1ccc(I)cn1. The molecular formula is C12H8Cl2IN3O. The van der Waals surface area contributed by atoms with Gasteiger partial charge in [-0.15, -0.1) is 0 Å². The molecule has 0 bridgehead atoms. The Morgan fingerprint density at radius 2 is 1.79 bits per heavy atom. The Balaban J connectivity index is 2.03. The largest absolute Gasteiger partial charge is 0.324 e. The number of rotatable bonds is 2. The molecule has 0 fully saturated rings. The number of anilines is 2. The average Bonchev–Trinajstić information content (AvgIpc) is 2.30. The van der Waals surface area contributed by atoms with Crippen LogP contribution in [-0.2, 0) is 0 Å². The predicted octanol–water partition coefficient (Wildman–Crippen LogP) is 4.64. The van der Waals surface area contributed by atoms with Crippen LogP contribution in [0.3, 0.4) is 0 Å². The molecule has 2 amide bonds. The van der Waals surface area contributed by atoms with Gasteiger partial charge in [0.15, 0.2) is 0 Å². The van der Waals surface area contributed by atoms with Crippen molar-refractivity contribution in [2.24, 2.45) is 0 Å². The highest BCUT2D eigenvalue weighted by atomic mass is 127. The second kappa shape index (κ2) is 6.40. The summed E-state index contributed by atoms with van der Waals surface area (Å²) in [4.78, 5) is 15.8. The molecule has 2 aromatic rings. The van der Waals surface area contributed by atoms with Crippen molar-refractivity contribution in [1.29, 1.82) is 0 Å². The van der Waals surface area contributed by atoms with E-state index in [0.29, 0.717) is 21.6 Å². The molecule has 0 saturated heterocycles. The van der Waals surface area contributed by atoms with E-state index in [-0.39, 0.29) is 0 Å². The fraction of sp³-hybridized carbons (Fsp3) is 0. The molecule has 2 rings (SSSR count). The Morgan fingerprint density at radius 3 is 2.37 bits per heavy atom. The number of aromatic nitrogens is 1. The average molecular weight is 408 g/mol. The summed E-state index contributed by atoms with van der Waals surface area (Å²) in [6, 6.07) is 7.95. The molecular weight excluding hydrogens is 400 g/mol. The van der Waals surface area contributed by atoms with Crippen molar-refractivity contribution in [3.8, 4) is 0 Å². The number of urea groups is 1. The van der Waals surface area contributed by atoms with Crippen LogP contribution in [0, 0.1) is 3.57 Å². The Labute approximate surface area is 133 Å². The first-order chi connectivity index (χ1) is 9.02. The van der Waals surface area contributed by atoms with Gasteiger partial charge >= 0.3 is 6.03 Å². The van der Waals surface area contributed by atoms with Crippen molar-refractivity contribution in [2.75, 3.05) is 10.6 Å². The lowest BCUT2D eigenvalue weighted by Gasteiger charge is -2.07. The van der Waals surface area contributed by atoms with Crippen LogP contribution in [0.15, 0.2) is 36.5 Å². The Kier molecular flexibility index (Phi) is 4.84. The van der Waals surface area contributed by atoms with Crippen LogP contribution in [0.4, 0.5) is 16.3 Å². The normalized spacial score (nSPS) is 10.1. The van der Waals surface area contributed by atoms with Crippen molar-refractivity contribution in [1.82, 2.24) is 4.98 Å². The maximum absolute atomic E-state index is 11.7. The molecule has 1 aromatic heterocycles. The van der Waals surface area contributed by atoms with Crippen LogP contribution < -0.4 is 10.6 Å². The summed E-state index contributed by atoms with van der Waals surface area (Å²) < 4.78 is 0.991. The summed E-state index contributed by atoms with van der Waals surface area (Å²) in [5, 5.41) is 6.14. The minimum atomic E-state index is -0.410. The first-order valence-electron chi connectivity index (χ1n) is 5.18. The highest BCUT2D eigenvalue weighted by Gasteiger charge is 2.05. The molecule has 0 radical (unpaired) electrons. The standard InChI is InChI=1S/C12H8Cl2IN3O/c13-7-3-8(14)5-10(4-7)17-12(19)18-11-2-1-9(15)6-16-11/h1-6H,(H2,16,17,18,19). The number of benzene rings is 1. The second-order valence-electron chi connectivity index (χ2n) is 3.60. The summed E-state index contributed by atoms with van der Waals surface area (Å²) in [7, 11) is 0. The molecule has 0 saturated carbocycles. The van der Waals surface area contributed by atoms with E-state index < -0.39 is 6.03 Å². The summed E-state index contributed by atoms with van der Waals surface area (Å²) in [6.45, 7) is 0. The highest BCUT2D eigenvalue weighted by molar-refractivity contribution is 14.1. The number of pyridine rings is 1. The molecule has 0 aliphatic rings. The minimum absolute atomic E-state index is 0.410. The fourth-order valence-electron chi connectivity index (χ4n) is 1.35. The van der Waals surface area contributed by atoms with E-state index in [1.54, 1.807) is 30.5 Å². The summed E-state index contributed by atoms with van der Waals surface area (Å²) in [5.74, 6) is 0.464. The number of amides is 2. The number of nitrogens with one attached hydrogen (secondary N) is 2. The van der Waals surface area contributed by atoms with Gasteiger partial charge in [0.05, 0.1) is 0 Å². The van der Waals surface area contributed by atoms with Crippen LogP contribution in [0.25, 0.3) is 0 Å². The van der Waals surface area contributed by atoms with E-state index in [9.17, 15) is 4.79 Å². The molecule has 0 aliphatic heterocycles. The van der Waals surface area contributed by atoms with Crippen molar-refractivity contribution in [3.05, 3.63) is 50.1 Å². The Morgan fingerprint density at radius 1 is 1.11 bits per heavy atom. The van der Waals surface area contributed by atoms with Crippen LogP contribution in [-0.4, -0.2) is 11.0 Å². The van der Waals surface area contributed by atoms with E-state index in [0.717, 1.165) is 3.57 Å². The van der Waals surface area contributed by atoms with E-state index in [1.165, 1.54) is 0 Å². The quantitative estimate of drug-likeness (QED) is 0.712. The highest BCUT2D eigenvalue weighted by Crippen LogP contribution is 2.22. The van der Waals surface area contributed by atoms with Crippen molar-refractivity contribution in [2.45, 2.75) is 0 Å². The van der Waals surface area contributed by atoms with Crippen LogP contribution in [0.2, 0.25) is 10.0 Å². The summed E-state index contributed by atoms with van der Waals surface area (Å²) in [6.07, 6.45) is 1.66. The number of nitrogens with zero attached hydrogens (tertiary/aromatic N) is 1. The van der Waals surface area contributed by atoms with Gasteiger partial charge in [-0.25, -0.2) is 9.78 Å². The maximum atomic E-state index is 11.7. The number of halogens is 3. The first kappa shape index (κ1) is 14.4. The molecule has 1 heterocycles. The zero-order valence-corrected chi connectivity index (χ0v) is 13.1. The number of carbonyl (C=O) groups is 1. The number of hydrogen-bond acceptors (Lipinski definition) is 2. The molecule has 0 spiro atoms. The number of hydrogen-bond donors (Lipinski definition) is 2. The number of carbonyl (C=O) groups excluding carboxylic acids is 1. The molecule has 7 heteroatoms. The third-order valence-electron chi connectivity index (χ3n) is 2.09. The topological polar surface area (TPSA) is 54.0 Å². The van der Waals surface area contributed by atoms with Crippen LogP contribution in [0.1, 0.15) is 0 Å². The summed E-state index contributed by atoms with van der Waals surface area (Å²) in [5.41, 5.74) is 0.514. The second-order valence-corrected chi connectivity index (χ2v) is 5.72. The smallest absolute Gasteiger partial charge is 0.308 e. The van der Waals surface area contributed by atoms with Crippen molar-refractivity contribution < 1.29 is 4.79 Å². The molecule has 4 nitrogen and oxygen atoms in total. The Hall–Kier alpha value is -1.05. The van der Waals surface area contributed by atoms with E-state index in [4.69, 9.17) is 23.2 Å². The van der Waals surface area contributed by atoms with E-state index in [2.05, 4.69) is 38.2 Å². The monoisotopic (exact) mass is 407 g/mol. The lowest BCUT2D eigenvalue weighted by molar-refractivity contribution is 0.262. The third-order valence-corrected chi connectivity index (χ3v) is 3.16. The van der Waals surface area contributed by atoms with E-state index >= 15 is 0 Å². The van der Waals surface area contributed by atoms with Gasteiger partial charge in [-0.1, -0.05) is 23.2 Å². The van der Waals surface area contributed by atoms with Gasteiger partial charge in [-0.3, -0.25) is 5.32 Å². The van der Waals surface area contributed by atoms with Gasteiger partial charge in [0.2, 0.25) is 0 Å². The molecule has 2 N–H and O–H groups in total. The minimum Gasteiger partial charge on any atom is -0.308 e. The zero-order valence-electron chi connectivity index (χ0n) is 9.45. The Bertz CT molecular complexity index is 584. The first-order valence-corrected chi connectivity index (χ1v) is 7.02. The lowest BCUT2D eigenvalue weighted by atomic mass is 10.3. The van der Waals surface area contributed by atoms with Gasteiger partial charge in [0.1, 0.15) is 5.82 Å². The van der Waals surface area contributed by atoms with Crippen molar-refractivity contribution in [3.63, 3.8) is 0 Å². The van der Waals surface area contributed by atoms with Crippen LogP contribution >= 0.6 is 45.8 Å². The molecule has 0 aliphatic carbocycles. The lowest BCUT2D eigenvalue weighted by Crippen LogP contribution is -2.20. The van der Waals surface area contributed by atoms with E-state index in [1.807, 2.05) is 6.07 Å². The van der Waals surface area contributed by atoms with Gasteiger partial charge in [0, 0.05) is 25.5 Å². The maximum Gasteiger partial charge on any atom is 0.324 e. The van der Waals surface area contributed by atoms with Crippen LogP contribution in [0.5, 0.6) is 0 Å². The molecule has 0 unspecified atom stereocenters. The van der Waals surface area contributed by atoms with Crippen molar-refractivity contribution >= 4 is 63.3 Å². The van der Waals surface area contributed by atoms with Gasteiger partial charge in [-0.2, -0.15) is 0 Å².